The highest BCUT2D eigenvalue weighted by molar-refractivity contribution is 7.89. The number of piperidine rings is 1. The van der Waals surface area contributed by atoms with Gasteiger partial charge in [0, 0.05) is 24.9 Å². The first-order chi connectivity index (χ1) is 9.76. The highest BCUT2D eigenvalue weighted by Gasteiger charge is 2.27. The molecule has 5 nitrogen and oxygen atoms in total. The Bertz CT molecular complexity index is 609. The molecule has 0 aromatic heterocycles. The second-order valence-electron chi connectivity index (χ2n) is 5.85. The first-order valence-electron chi connectivity index (χ1n) is 7.00. The van der Waals surface area contributed by atoms with E-state index in [-0.39, 0.29) is 17.6 Å². The third kappa shape index (κ3) is 4.28. The monoisotopic (exact) mass is 311 g/mol. The van der Waals surface area contributed by atoms with Crippen LogP contribution in [-0.2, 0) is 15.6 Å². The van der Waals surface area contributed by atoms with Crippen molar-refractivity contribution in [1.29, 1.82) is 0 Å². The van der Waals surface area contributed by atoms with Crippen molar-refractivity contribution in [2.75, 3.05) is 19.3 Å². The summed E-state index contributed by atoms with van der Waals surface area (Å²) in [6.07, 6.45) is 1.49. The van der Waals surface area contributed by atoms with Gasteiger partial charge in [0.1, 0.15) is 0 Å². The maximum Gasteiger partial charge on any atom is 0.253 e. The van der Waals surface area contributed by atoms with Crippen LogP contribution < -0.4 is 0 Å². The van der Waals surface area contributed by atoms with E-state index in [2.05, 4.69) is 0 Å². The molecule has 1 amide bonds. The summed E-state index contributed by atoms with van der Waals surface area (Å²) in [5.41, 5.74) is 1.19. The van der Waals surface area contributed by atoms with Crippen molar-refractivity contribution < 1.29 is 18.3 Å². The summed E-state index contributed by atoms with van der Waals surface area (Å²) in [5, 5.41) is 9.86. The molecule has 1 aromatic carbocycles. The smallest absolute Gasteiger partial charge is 0.253 e. The van der Waals surface area contributed by atoms with Crippen molar-refractivity contribution in [3.63, 3.8) is 0 Å². The molecule has 1 aliphatic heterocycles. The lowest BCUT2D eigenvalue weighted by Crippen LogP contribution is -2.45. The van der Waals surface area contributed by atoms with Gasteiger partial charge in [0.15, 0.2) is 9.84 Å². The normalized spacial score (nSPS) is 23.1. The van der Waals surface area contributed by atoms with Gasteiger partial charge < -0.3 is 10.0 Å². The molecule has 1 heterocycles. The molecule has 6 heteroatoms. The molecule has 2 unspecified atom stereocenters. The third-order valence-electron chi connectivity index (χ3n) is 3.84. The number of amides is 1. The minimum Gasteiger partial charge on any atom is -0.391 e. The zero-order chi connectivity index (χ0) is 15.6. The maximum atomic E-state index is 12.3. The van der Waals surface area contributed by atoms with E-state index in [9.17, 15) is 18.3 Å². The Labute approximate surface area is 125 Å². The molecule has 2 rings (SSSR count). The number of carbonyl (C=O) groups is 1. The van der Waals surface area contributed by atoms with Gasteiger partial charge in [-0.2, -0.15) is 0 Å². The van der Waals surface area contributed by atoms with Crippen molar-refractivity contribution in [2.45, 2.75) is 25.2 Å². The number of hydrogen-bond donors (Lipinski definition) is 1. The number of hydrogen-bond acceptors (Lipinski definition) is 4. The van der Waals surface area contributed by atoms with Crippen LogP contribution in [-0.4, -0.2) is 49.8 Å². The van der Waals surface area contributed by atoms with Gasteiger partial charge in [0.05, 0.1) is 11.9 Å². The summed E-state index contributed by atoms with van der Waals surface area (Å²) in [5.74, 6) is 0.0690. The van der Waals surface area contributed by atoms with E-state index < -0.39 is 15.9 Å². The largest absolute Gasteiger partial charge is 0.391 e. The van der Waals surface area contributed by atoms with Gasteiger partial charge in [-0.25, -0.2) is 8.42 Å². The Balaban J connectivity index is 2.06. The number of likely N-dealkylation sites (tertiary alicyclic amines) is 1. The van der Waals surface area contributed by atoms with E-state index in [4.69, 9.17) is 0 Å². The van der Waals surface area contributed by atoms with E-state index in [1.165, 1.54) is 6.26 Å². The topological polar surface area (TPSA) is 74.7 Å². The fourth-order valence-corrected chi connectivity index (χ4v) is 3.26. The summed E-state index contributed by atoms with van der Waals surface area (Å²) >= 11 is 0. The van der Waals surface area contributed by atoms with Crippen molar-refractivity contribution in [1.82, 2.24) is 4.90 Å². The third-order valence-corrected chi connectivity index (χ3v) is 4.69. The van der Waals surface area contributed by atoms with Gasteiger partial charge in [-0.05, 0) is 30.0 Å². The number of aliphatic hydroxyl groups excluding tert-OH is 1. The van der Waals surface area contributed by atoms with Crippen LogP contribution in [0, 0.1) is 5.92 Å². The van der Waals surface area contributed by atoms with Crippen LogP contribution in [0.5, 0.6) is 0 Å². The Hall–Kier alpha value is -1.40. The van der Waals surface area contributed by atoms with Crippen molar-refractivity contribution in [3.8, 4) is 0 Å². The molecule has 0 saturated carbocycles. The second kappa shape index (κ2) is 6.15. The molecule has 1 aromatic rings. The number of sulfone groups is 1. The molecule has 1 N–H and O–H groups in total. The van der Waals surface area contributed by atoms with Crippen LogP contribution in [0.15, 0.2) is 24.3 Å². The molecule has 0 bridgehead atoms. The zero-order valence-corrected chi connectivity index (χ0v) is 13.1. The van der Waals surface area contributed by atoms with E-state index in [0.29, 0.717) is 24.2 Å². The fraction of sp³-hybridized carbons (Fsp3) is 0.533. The lowest BCUT2D eigenvalue weighted by molar-refractivity contribution is 0.0248. The van der Waals surface area contributed by atoms with Crippen LogP contribution in [0.2, 0.25) is 0 Å². The van der Waals surface area contributed by atoms with Crippen LogP contribution in [0.1, 0.15) is 29.3 Å². The predicted octanol–water partition coefficient (Wildman–Crippen LogP) is 1.07. The summed E-state index contributed by atoms with van der Waals surface area (Å²) in [7, 11) is -3.07. The van der Waals surface area contributed by atoms with Crippen LogP contribution in [0.4, 0.5) is 0 Å². The number of benzene rings is 1. The average Bonchev–Trinajstić information content (AvgIpc) is 2.40. The summed E-state index contributed by atoms with van der Waals surface area (Å²) in [4.78, 5) is 14.0. The quantitative estimate of drug-likeness (QED) is 0.906. The molecular formula is C15H21NO4S. The number of β-amino-alcohol motifs (C(OH)–C–C–N with tert-alkyl or cyclic N) is 1. The molecule has 1 saturated heterocycles. The second-order valence-corrected chi connectivity index (χ2v) is 7.99. The molecule has 0 spiro atoms. The summed E-state index contributed by atoms with van der Waals surface area (Å²) in [6, 6.07) is 6.62. The van der Waals surface area contributed by atoms with Gasteiger partial charge >= 0.3 is 0 Å². The minimum atomic E-state index is -3.07. The van der Waals surface area contributed by atoms with Crippen molar-refractivity contribution in [3.05, 3.63) is 35.4 Å². The van der Waals surface area contributed by atoms with Crippen molar-refractivity contribution in [2.24, 2.45) is 5.92 Å². The predicted molar refractivity (Wildman–Crippen MR) is 80.7 cm³/mol. The summed E-state index contributed by atoms with van der Waals surface area (Å²) in [6.45, 7) is 2.97. The minimum absolute atomic E-state index is 0.0264. The Morgan fingerprint density at radius 3 is 2.48 bits per heavy atom. The van der Waals surface area contributed by atoms with Gasteiger partial charge in [-0.1, -0.05) is 19.1 Å². The molecule has 0 aliphatic carbocycles. The number of aliphatic hydroxyl groups is 1. The maximum absolute atomic E-state index is 12.3. The standard InChI is InChI=1S/C15H21NO4S/c1-11-7-8-16(9-14(11)17)15(18)13-5-3-12(4-6-13)10-21(2,19)20/h3-6,11,14,17H,7-10H2,1-2H3. The molecule has 1 aliphatic rings. The van der Waals surface area contributed by atoms with Gasteiger partial charge in [0.25, 0.3) is 5.91 Å². The molecular weight excluding hydrogens is 290 g/mol. The highest BCUT2D eigenvalue weighted by Crippen LogP contribution is 2.19. The fourth-order valence-electron chi connectivity index (χ4n) is 2.46. The highest BCUT2D eigenvalue weighted by atomic mass is 32.2. The van der Waals surface area contributed by atoms with E-state index in [0.717, 1.165) is 6.42 Å². The lowest BCUT2D eigenvalue weighted by Gasteiger charge is -2.34. The Morgan fingerprint density at radius 1 is 1.33 bits per heavy atom. The van der Waals surface area contributed by atoms with Crippen LogP contribution in [0.25, 0.3) is 0 Å². The molecule has 2 atom stereocenters. The number of carbonyl (C=O) groups excluding carboxylic acids is 1. The molecule has 0 radical (unpaired) electrons. The van der Waals surface area contributed by atoms with E-state index in [1.54, 1.807) is 29.2 Å². The molecule has 1 fully saturated rings. The van der Waals surface area contributed by atoms with E-state index in [1.807, 2.05) is 6.92 Å². The Morgan fingerprint density at radius 2 is 1.95 bits per heavy atom. The first-order valence-corrected chi connectivity index (χ1v) is 9.06. The van der Waals surface area contributed by atoms with Crippen LogP contribution in [0.3, 0.4) is 0 Å². The lowest BCUT2D eigenvalue weighted by atomic mass is 9.95. The zero-order valence-electron chi connectivity index (χ0n) is 12.3. The van der Waals surface area contributed by atoms with Gasteiger partial charge in [-0.15, -0.1) is 0 Å². The molecule has 116 valence electrons. The number of nitrogens with zero attached hydrogens (tertiary/aromatic N) is 1. The Kier molecular flexibility index (Phi) is 4.68. The van der Waals surface area contributed by atoms with Gasteiger partial charge in [0.2, 0.25) is 0 Å². The SMILES string of the molecule is CC1CCN(C(=O)c2ccc(CS(C)(=O)=O)cc2)CC1O. The van der Waals surface area contributed by atoms with Crippen molar-refractivity contribution >= 4 is 15.7 Å². The van der Waals surface area contributed by atoms with E-state index >= 15 is 0 Å². The van der Waals surface area contributed by atoms with Gasteiger partial charge in [-0.3, -0.25) is 4.79 Å². The van der Waals surface area contributed by atoms with Crippen LogP contribution >= 0.6 is 0 Å². The molecule has 21 heavy (non-hydrogen) atoms. The average molecular weight is 311 g/mol. The number of rotatable bonds is 3. The summed E-state index contributed by atoms with van der Waals surface area (Å²) < 4.78 is 22.5. The first kappa shape index (κ1) is 16.0.